The first-order valence-corrected chi connectivity index (χ1v) is 11.2. The lowest BCUT2D eigenvalue weighted by Gasteiger charge is -2.67. The lowest BCUT2D eigenvalue weighted by atomic mass is 9.43. The van der Waals surface area contributed by atoms with Gasteiger partial charge in [0.2, 0.25) is 0 Å². The topological polar surface area (TPSA) is 36.9 Å². The van der Waals surface area contributed by atoms with Gasteiger partial charge in [-0.25, -0.2) is 0 Å². The van der Waals surface area contributed by atoms with E-state index in [4.69, 9.17) is 18.9 Å². The summed E-state index contributed by atoms with van der Waals surface area (Å²) >= 11 is 0. The average molecular weight is 379 g/mol. The van der Waals surface area contributed by atoms with Crippen LogP contribution < -0.4 is 0 Å². The quantitative estimate of drug-likeness (QED) is 0.612. The number of hydrogen-bond acceptors (Lipinski definition) is 4. The third kappa shape index (κ3) is 2.42. The normalized spacial score (nSPS) is 57.0. The second-order valence-electron chi connectivity index (χ2n) is 11.3. The molecular weight excluding hydrogens is 340 g/mol. The van der Waals surface area contributed by atoms with Crippen molar-refractivity contribution in [2.75, 3.05) is 19.8 Å². The number of fused-ring (bicyclic) bond motifs is 4. The Balaban J connectivity index is 1.51. The monoisotopic (exact) mass is 378 g/mol. The van der Waals surface area contributed by atoms with E-state index in [9.17, 15) is 0 Å². The fourth-order valence-corrected chi connectivity index (χ4v) is 7.86. The van der Waals surface area contributed by atoms with Crippen LogP contribution in [0.3, 0.4) is 0 Å². The van der Waals surface area contributed by atoms with Gasteiger partial charge < -0.3 is 18.9 Å². The smallest absolute Gasteiger partial charge is 0.163 e. The van der Waals surface area contributed by atoms with Gasteiger partial charge in [-0.3, -0.25) is 0 Å². The molecule has 4 heteroatoms. The van der Waals surface area contributed by atoms with Crippen molar-refractivity contribution in [1.82, 2.24) is 0 Å². The standard InChI is InChI=1S/C23H38O4/c1-16-6-7-17-20(4)14-25-19(2,3)26-18(20)8-9-21(17,5)23(16)11-10-22(27-23)12-13-24-15-22/h16-18H,6-15H2,1-5H3/t16-,17?,18+,20+,21+,22?,23-/m1/s1. The zero-order valence-electron chi connectivity index (χ0n) is 17.9. The minimum absolute atomic E-state index is 0.00936. The van der Waals surface area contributed by atoms with Gasteiger partial charge in [-0.2, -0.15) is 0 Å². The molecule has 5 aliphatic rings. The Labute approximate surface area is 164 Å². The van der Waals surface area contributed by atoms with Crippen LogP contribution in [-0.4, -0.2) is 42.9 Å². The van der Waals surface area contributed by atoms with Gasteiger partial charge in [0.05, 0.1) is 30.5 Å². The third-order valence-corrected chi connectivity index (χ3v) is 9.45. The molecule has 2 spiro atoms. The molecule has 0 aromatic heterocycles. The summed E-state index contributed by atoms with van der Waals surface area (Å²) in [7, 11) is 0. The van der Waals surface area contributed by atoms with Crippen LogP contribution in [0.5, 0.6) is 0 Å². The zero-order chi connectivity index (χ0) is 19.1. The van der Waals surface area contributed by atoms with Gasteiger partial charge in [0.15, 0.2) is 5.79 Å². The molecule has 0 bridgehead atoms. The van der Waals surface area contributed by atoms with Crippen LogP contribution in [0.15, 0.2) is 0 Å². The Morgan fingerprint density at radius 1 is 0.852 bits per heavy atom. The molecule has 0 radical (unpaired) electrons. The maximum Gasteiger partial charge on any atom is 0.163 e. The predicted octanol–water partition coefficient (Wildman–Crippen LogP) is 4.70. The molecule has 7 atom stereocenters. The Bertz CT molecular complexity index is 611. The molecule has 2 aliphatic carbocycles. The van der Waals surface area contributed by atoms with Crippen LogP contribution >= 0.6 is 0 Å². The van der Waals surface area contributed by atoms with Gasteiger partial charge in [0.1, 0.15) is 0 Å². The van der Waals surface area contributed by atoms with E-state index < -0.39 is 5.79 Å². The van der Waals surface area contributed by atoms with Gasteiger partial charge in [-0.15, -0.1) is 0 Å². The van der Waals surface area contributed by atoms with Crippen molar-refractivity contribution in [3.8, 4) is 0 Å². The van der Waals surface area contributed by atoms with Crippen molar-refractivity contribution in [1.29, 1.82) is 0 Å². The second kappa shape index (κ2) is 5.71. The van der Waals surface area contributed by atoms with Crippen molar-refractivity contribution < 1.29 is 18.9 Å². The first-order valence-electron chi connectivity index (χ1n) is 11.2. The van der Waals surface area contributed by atoms with Crippen LogP contribution in [0, 0.1) is 22.7 Å². The van der Waals surface area contributed by atoms with Crippen LogP contribution in [0.1, 0.15) is 79.6 Å². The number of hydrogen-bond donors (Lipinski definition) is 0. The molecule has 2 unspecified atom stereocenters. The highest BCUT2D eigenvalue weighted by Crippen LogP contribution is 2.69. The Morgan fingerprint density at radius 3 is 2.41 bits per heavy atom. The molecule has 0 N–H and O–H groups in total. The fourth-order valence-electron chi connectivity index (χ4n) is 7.86. The molecule has 4 nitrogen and oxygen atoms in total. The highest BCUT2D eigenvalue weighted by atomic mass is 16.7. The third-order valence-electron chi connectivity index (χ3n) is 9.45. The van der Waals surface area contributed by atoms with Gasteiger partial charge in [-0.05, 0) is 64.2 Å². The lowest BCUT2D eigenvalue weighted by Crippen LogP contribution is -2.68. The highest BCUT2D eigenvalue weighted by molar-refractivity contribution is 5.18. The number of ether oxygens (including phenoxy) is 4. The Morgan fingerprint density at radius 2 is 1.67 bits per heavy atom. The summed E-state index contributed by atoms with van der Waals surface area (Å²) in [5, 5.41) is 0. The van der Waals surface area contributed by atoms with E-state index >= 15 is 0 Å². The van der Waals surface area contributed by atoms with Gasteiger partial charge >= 0.3 is 0 Å². The van der Waals surface area contributed by atoms with Crippen molar-refractivity contribution in [2.45, 2.75) is 103 Å². The first kappa shape index (κ1) is 18.8. The molecule has 3 heterocycles. The molecule has 3 aliphatic heterocycles. The van der Waals surface area contributed by atoms with E-state index in [0.29, 0.717) is 17.9 Å². The maximum atomic E-state index is 7.18. The van der Waals surface area contributed by atoms with Crippen LogP contribution in [0.2, 0.25) is 0 Å². The molecule has 0 aromatic carbocycles. The molecule has 5 fully saturated rings. The van der Waals surface area contributed by atoms with E-state index in [1.165, 1.54) is 32.1 Å². The van der Waals surface area contributed by atoms with Crippen LogP contribution in [0.4, 0.5) is 0 Å². The van der Waals surface area contributed by atoms with Crippen LogP contribution in [0.25, 0.3) is 0 Å². The molecule has 2 saturated carbocycles. The fraction of sp³-hybridized carbons (Fsp3) is 1.00. The van der Waals surface area contributed by atoms with Crippen molar-refractivity contribution >= 4 is 0 Å². The predicted molar refractivity (Wildman–Crippen MR) is 103 cm³/mol. The van der Waals surface area contributed by atoms with Crippen LogP contribution in [-0.2, 0) is 18.9 Å². The lowest BCUT2D eigenvalue weighted by molar-refractivity contribution is -0.358. The van der Waals surface area contributed by atoms with Crippen molar-refractivity contribution in [3.63, 3.8) is 0 Å². The molecule has 154 valence electrons. The molecular formula is C23H38O4. The van der Waals surface area contributed by atoms with E-state index in [-0.39, 0.29) is 22.0 Å². The van der Waals surface area contributed by atoms with E-state index in [2.05, 4.69) is 34.6 Å². The maximum absolute atomic E-state index is 7.18. The summed E-state index contributed by atoms with van der Waals surface area (Å²) in [6, 6.07) is 0. The minimum atomic E-state index is -0.452. The first-order chi connectivity index (χ1) is 12.7. The van der Waals surface area contributed by atoms with Gasteiger partial charge in [-0.1, -0.05) is 20.8 Å². The van der Waals surface area contributed by atoms with E-state index in [0.717, 1.165) is 32.7 Å². The zero-order valence-corrected chi connectivity index (χ0v) is 17.9. The van der Waals surface area contributed by atoms with Crippen molar-refractivity contribution in [3.05, 3.63) is 0 Å². The van der Waals surface area contributed by atoms with E-state index in [1.54, 1.807) is 0 Å². The highest BCUT2D eigenvalue weighted by Gasteiger charge is 2.70. The summed E-state index contributed by atoms with van der Waals surface area (Å²) < 4.78 is 25.6. The van der Waals surface area contributed by atoms with E-state index in [1.807, 2.05) is 0 Å². The largest absolute Gasteiger partial charge is 0.378 e. The summed E-state index contributed by atoms with van der Waals surface area (Å²) in [5.74, 6) is 0.751. The molecule has 0 amide bonds. The Kier molecular flexibility index (Phi) is 3.99. The average Bonchev–Trinajstić information content (AvgIpc) is 3.23. The molecule has 0 aromatic rings. The summed E-state index contributed by atoms with van der Waals surface area (Å²) in [6.45, 7) is 14.0. The van der Waals surface area contributed by atoms with Crippen molar-refractivity contribution in [2.24, 2.45) is 22.7 Å². The summed E-state index contributed by atoms with van der Waals surface area (Å²) in [6.07, 6.45) is 8.58. The molecule has 27 heavy (non-hydrogen) atoms. The van der Waals surface area contributed by atoms with Gasteiger partial charge in [0, 0.05) is 23.9 Å². The SMILES string of the molecule is C[C@@H]1CCC2[C@]3(C)COC(C)(C)O[C@H]3CC[C@]2(C)[C@@]12CCC1(CCOC1)O2. The minimum Gasteiger partial charge on any atom is -0.378 e. The summed E-state index contributed by atoms with van der Waals surface area (Å²) in [5.41, 5.74) is 0.250. The Hall–Kier alpha value is -0.160. The molecule has 5 rings (SSSR count). The summed E-state index contributed by atoms with van der Waals surface area (Å²) in [4.78, 5) is 0. The van der Waals surface area contributed by atoms with Gasteiger partial charge in [0.25, 0.3) is 0 Å². The second-order valence-corrected chi connectivity index (χ2v) is 11.3. The number of rotatable bonds is 0. The molecule has 3 saturated heterocycles.